The summed E-state index contributed by atoms with van der Waals surface area (Å²) in [6.07, 6.45) is 6.55. The van der Waals surface area contributed by atoms with Crippen molar-refractivity contribution in [3.63, 3.8) is 0 Å². The molecule has 4 heterocycles. The second-order valence-electron chi connectivity index (χ2n) is 6.94. The fraction of sp³-hybridized carbons (Fsp3) is 0.120. The van der Waals surface area contributed by atoms with Crippen LogP contribution in [0.25, 0.3) is 49.5 Å². The highest BCUT2D eigenvalue weighted by atomic mass is 32.2. The highest BCUT2D eigenvalue weighted by Crippen LogP contribution is 2.51. The quantitative estimate of drug-likeness (QED) is 0.228. The first kappa shape index (κ1) is 21.6. The van der Waals surface area contributed by atoms with Crippen molar-refractivity contribution in [2.24, 2.45) is 0 Å². The molecule has 156 valence electrons. The Morgan fingerprint density at radius 2 is 1.35 bits per heavy atom. The molecule has 1 aromatic carbocycles. The van der Waals surface area contributed by atoms with E-state index in [9.17, 15) is 0 Å². The Bertz CT molecular complexity index is 1330. The van der Waals surface area contributed by atoms with Crippen LogP contribution >= 0.6 is 69.7 Å². The molecule has 0 aliphatic heterocycles. The van der Waals surface area contributed by atoms with E-state index in [2.05, 4.69) is 79.4 Å². The first-order valence-electron chi connectivity index (χ1n) is 9.83. The van der Waals surface area contributed by atoms with E-state index in [0.29, 0.717) is 0 Å². The summed E-state index contributed by atoms with van der Waals surface area (Å²) in [4.78, 5) is 7.69. The summed E-state index contributed by atoms with van der Waals surface area (Å²) in [5, 5.41) is 6.96. The predicted molar refractivity (Wildman–Crippen MR) is 154 cm³/mol. The lowest BCUT2D eigenvalue weighted by Gasteiger charge is -2.12. The molecule has 0 amide bonds. The zero-order valence-corrected chi connectivity index (χ0v) is 22.2. The van der Waals surface area contributed by atoms with Gasteiger partial charge in [-0.05, 0) is 55.1 Å². The number of thiol groups is 1. The third-order valence-corrected chi connectivity index (χ3v) is 11.0. The van der Waals surface area contributed by atoms with Gasteiger partial charge in [-0.1, -0.05) is 24.3 Å². The van der Waals surface area contributed by atoms with Crippen molar-refractivity contribution in [3.05, 3.63) is 70.4 Å². The zero-order valence-electron chi connectivity index (χ0n) is 17.3. The summed E-state index contributed by atoms with van der Waals surface area (Å²) in [5.74, 6) is 0. The number of fused-ring (bicyclic) bond motifs is 2. The van der Waals surface area contributed by atoms with Crippen molar-refractivity contribution in [2.75, 3.05) is 6.26 Å². The van der Waals surface area contributed by atoms with Crippen LogP contribution in [0.2, 0.25) is 0 Å². The van der Waals surface area contributed by atoms with Crippen LogP contribution in [0.5, 0.6) is 0 Å². The molecule has 0 unspecified atom stereocenters. The summed E-state index contributed by atoms with van der Waals surface area (Å²) in [5.41, 5.74) is 2.64. The maximum absolute atomic E-state index is 4.93. The molecule has 5 rings (SSSR count). The average Bonchev–Trinajstić information content (AvgIpc) is 3.58. The van der Waals surface area contributed by atoms with Gasteiger partial charge in [0.25, 0.3) is 0 Å². The van der Waals surface area contributed by atoms with Gasteiger partial charge in [0.15, 0.2) is 0 Å². The Hall–Kier alpha value is -1.28. The number of thioether (sulfide) groups is 1. The normalized spacial score (nSPS) is 13.0. The lowest BCUT2D eigenvalue weighted by Crippen LogP contribution is -1.87. The lowest BCUT2D eigenvalue weighted by atomic mass is 10.0. The number of hydrogen-bond donors (Lipinski definition) is 1. The van der Waals surface area contributed by atoms with E-state index in [4.69, 9.17) is 12.6 Å². The zero-order chi connectivity index (χ0) is 21.5. The molecule has 0 fully saturated rings. The molecule has 0 bridgehead atoms. The molecular formula is C25H20S6. The lowest BCUT2D eigenvalue weighted by molar-refractivity contribution is 1.75. The summed E-state index contributed by atoms with van der Waals surface area (Å²) in [7, 11) is 0. The SMILES string of the molecule is C/C=C(\S)c1c2cc(-c3cccs3)sc2c(/C(=C/C)SC)c2cc(-c3cccs3)sc12. The van der Waals surface area contributed by atoms with Gasteiger partial charge < -0.3 is 0 Å². The van der Waals surface area contributed by atoms with Crippen LogP contribution in [-0.2, 0) is 0 Å². The monoisotopic (exact) mass is 512 g/mol. The molecule has 0 nitrogen and oxygen atoms in total. The van der Waals surface area contributed by atoms with Gasteiger partial charge in [0.2, 0.25) is 0 Å². The Morgan fingerprint density at radius 3 is 1.81 bits per heavy atom. The molecule has 0 saturated carbocycles. The van der Waals surface area contributed by atoms with Crippen molar-refractivity contribution in [1.29, 1.82) is 0 Å². The van der Waals surface area contributed by atoms with Crippen molar-refractivity contribution >= 4 is 99.7 Å². The van der Waals surface area contributed by atoms with Crippen molar-refractivity contribution in [1.82, 2.24) is 0 Å². The number of benzene rings is 1. The molecule has 31 heavy (non-hydrogen) atoms. The topological polar surface area (TPSA) is 0 Å². The molecule has 0 spiro atoms. The van der Waals surface area contributed by atoms with E-state index in [1.807, 2.05) is 34.4 Å². The Balaban J connectivity index is 1.95. The van der Waals surface area contributed by atoms with E-state index in [1.165, 1.54) is 55.7 Å². The molecule has 4 aromatic heterocycles. The van der Waals surface area contributed by atoms with Gasteiger partial charge in [-0.15, -0.1) is 69.7 Å². The maximum Gasteiger partial charge on any atom is 0.0455 e. The standard InChI is InChI=1S/C25H20S6/c1-4-16(26)22-14-12-20(18-8-6-10-28-18)31-25(14)23(17(5-2)27-3)15-13-21(30-24(15)22)19-9-7-11-29-19/h4-13,26H,1-3H3/b16-4-,17-5-. The summed E-state index contributed by atoms with van der Waals surface area (Å²) >= 11 is 14.2. The number of thiophene rings is 4. The van der Waals surface area contributed by atoms with E-state index >= 15 is 0 Å². The minimum absolute atomic E-state index is 1.04. The number of rotatable bonds is 5. The molecule has 0 saturated heterocycles. The minimum atomic E-state index is 1.04. The third kappa shape index (κ3) is 3.67. The van der Waals surface area contributed by atoms with Gasteiger partial charge in [0.1, 0.15) is 0 Å². The highest BCUT2D eigenvalue weighted by Gasteiger charge is 2.23. The first-order valence-corrected chi connectivity index (χ1v) is 14.9. The molecule has 6 heteroatoms. The molecular weight excluding hydrogens is 493 g/mol. The van der Waals surface area contributed by atoms with Crippen LogP contribution in [0, 0.1) is 0 Å². The second kappa shape index (κ2) is 8.93. The Morgan fingerprint density at radius 1 is 0.806 bits per heavy atom. The van der Waals surface area contributed by atoms with Crippen molar-refractivity contribution in [2.45, 2.75) is 13.8 Å². The van der Waals surface area contributed by atoms with Gasteiger partial charge in [-0.25, -0.2) is 0 Å². The van der Waals surface area contributed by atoms with Crippen LogP contribution in [0.1, 0.15) is 25.0 Å². The summed E-state index contributed by atoms with van der Waals surface area (Å²) in [6, 6.07) is 13.5. The number of allylic oxidation sites excluding steroid dienone is 2. The molecule has 0 aliphatic rings. The molecule has 0 N–H and O–H groups in total. The van der Waals surface area contributed by atoms with Gasteiger partial charge in [0.05, 0.1) is 0 Å². The van der Waals surface area contributed by atoms with E-state index in [1.54, 1.807) is 22.7 Å². The van der Waals surface area contributed by atoms with E-state index < -0.39 is 0 Å². The minimum Gasteiger partial charge on any atom is -0.143 e. The molecule has 0 radical (unpaired) electrons. The maximum atomic E-state index is 4.93. The van der Waals surface area contributed by atoms with Gasteiger partial charge in [-0.2, -0.15) is 0 Å². The van der Waals surface area contributed by atoms with Crippen molar-refractivity contribution < 1.29 is 0 Å². The molecule has 5 aromatic rings. The fourth-order valence-corrected chi connectivity index (χ4v) is 9.01. The first-order chi connectivity index (χ1) is 15.2. The summed E-state index contributed by atoms with van der Waals surface area (Å²) in [6.45, 7) is 4.22. The summed E-state index contributed by atoms with van der Waals surface area (Å²) < 4.78 is 2.69. The van der Waals surface area contributed by atoms with Crippen LogP contribution in [0.3, 0.4) is 0 Å². The predicted octanol–water partition coefficient (Wildman–Crippen LogP) is 10.6. The number of hydrogen-bond acceptors (Lipinski definition) is 6. The second-order valence-corrected chi connectivity index (χ2v) is 12.3. The fourth-order valence-electron chi connectivity index (χ4n) is 3.86. The van der Waals surface area contributed by atoms with Gasteiger partial charge in [0, 0.05) is 60.6 Å². The van der Waals surface area contributed by atoms with E-state index in [-0.39, 0.29) is 0 Å². The third-order valence-electron chi connectivity index (χ3n) is 5.24. The molecule has 0 aliphatic carbocycles. The largest absolute Gasteiger partial charge is 0.143 e. The van der Waals surface area contributed by atoms with Gasteiger partial charge in [-0.3, -0.25) is 0 Å². The van der Waals surface area contributed by atoms with Crippen LogP contribution in [0.4, 0.5) is 0 Å². The highest BCUT2D eigenvalue weighted by molar-refractivity contribution is 8.07. The van der Waals surface area contributed by atoms with Crippen LogP contribution in [-0.4, -0.2) is 6.26 Å². The van der Waals surface area contributed by atoms with Crippen LogP contribution < -0.4 is 0 Å². The van der Waals surface area contributed by atoms with Crippen LogP contribution in [0.15, 0.2) is 59.3 Å². The Labute approximate surface area is 208 Å². The van der Waals surface area contributed by atoms with Crippen molar-refractivity contribution in [3.8, 4) is 19.5 Å². The van der Waals surface area contributed by atoms with E-state index in [0.717, 1.165) is 4.91 Å². The Kier molecular flexibility index (Phi) is 6.21. The molecule has 0 atom stereocenters. The smallest absolute Gasteiger partial charge is 0.0455 e. The van der Waals surface area contributed by atoms with Gasteiger partial charge >= 0.3 is 0 Å². The average molecular weight is 513 g/mol.